The van der Waals surface area contributed by atoms with Crippen LogP contribution in [-0.4, -0.2) is 17.8 Å². The zero-order valence-electron chi connectivity index (χ0n) is 10.3. The molecular formula is C14H20O2. The van der Waals surface area contributed by atoms with E-state index in [1.807, 2.05) is 19.9 Å². The molecule has 1 aromatic carbocycles. The lowest BCUT2D eigenvalue weighted by Crippen LogP contribution is -2.14. The van der Waals surface area contributed by atoms with Gasteiger partial charge in [-0.15, -0.1) is 6.58 Å². The first-order valence-corrected chi connectivity index (χ1v) is 5.56. The van der Waals surface area contributed by atoms with Gasteiger partial charge in [0, 0.05) is 0 Å². The molecule has 0 amide bonds. The Hall–Kier alpha value is -1.28. The average molecular weight is 220 g/mol. The number of ether oxygens (including phenoxy) is 1. The van der Waals surface area contributed by atoms with E-state index >= 15 is 0 Å². The van der Waals surface area contributed by atoms with Crippen LogP contribution >= 0.6 is 0 Å². The lowest BCUT2D eigenvalue weighted by atomic mass is 10.0. The lowest BCUT2D eigenvalue weighted by Gasteiger charge is -2.14. The molecule has 0 heterocycles. The van der Waals surface area contributed by atoms with Crippen LogP contribution in [0.25, 0.3) is 0 Å². The summed E-state index contributed by atoms with van der Waals surface area (Å²) < 4.78 is 5.59. The van der Waals surface area contributed by atoms with E-state index < -0.39 is 6.10 Å². The summed E-state index contributed by atoms with van der Waals surface area (Å²) in [5, 5.41) is 9.20. The molecule has 0 fully saturated rings. The van der Waals surface area contributed by atoms with Gasteiger partial charge in [0.05, 0.1) is 6.10 Å². The predicted octanol–water partition coefficient (Wildman–Crippen LogP) is 2.79. The number of allylic oxidation sites excluding steroid dienone is 1. The molecule has 88 valence electrons. The first-order chi connectivity index (χ1) is 7.54. The minimum Gasteiger partial charge on any atom is -0.490 e. The molecule has 1 rings (SSSR count). The third kappa shape index (κ3) is 3.38. The molecule has 16 heavy (non-hydrogen) atoms. The molecular weight excluding hydrogens is 200 g/mol. The molecule has 0 aromatic heterocycles. The van der Waals surface area contributed by atoms with Gasteiger partial charge in [-0.1, -0.05) is 18.2 Å². The van der Waals surface area contributed by atoms with Crippen LogP contribution in [0.15, 0.2) is 24.8 Å². The second kappa shape index (κ2) is 5.71. The van der Waals surface area contributed by atoms with E-state index in [0.29, 0.717) is 6.61 Å². The third-order valence-corrected chi connectivity index (χ3v) is 2.37. The Labute approximate surface area is 97.6 Å². The van der Waals surface area contributed by atoms with Crippen molar-refractivity contribution in [3.63, 3.8) is 0 Å². The molecule has 2 nitrogen and oxygen atoms in total. The SMILES string of the molecule is C=CCc1cc(C)c(OCC(C)O)c(C)c1. The van der Waals surface area contributed by atoms with Crippen molar-refractivity contribution >= 4 is 0 Å². The van der Waals surface area contributed by atoms with Gasteiger partial charge in [-0.25, -0.2) is 0 Å². The Bertz CT molecular complexity index is 344. The molecule has 0 aliphatic rings. The van der Waals surface area contributed by atoms with Crippen molar-refractivity contribution < 1.29 is 9.84 Å². The van der Waals surface area contributed by atoms with Crippen LogP contribution in [0.2, 0.25) is 0 Å². The Morgan fingerprint density at radius 2 is 1.94 bits per heavy atom. The zero-order valence-corrected chi connectivity index (χ0v) is 10.3. The summed E-state index contributed by atoms with van der Waals surface area (Å²) in [5.41, 5.74) is 3.46. The highest BCUT2D eigenvalue weighted by molar-refractivity contribution is 5.43. The Kier molecular flexibility index (Phi) is 4.56. The van der Waals surface area contributed by atoms with E-state index in [2.05, 4.69) is 18.7 Å². The molecule has 1 aromatic rings. The van der Waals surface area contributed by atoms with Crippen LogP contribution in [0.1, 0.15) is 23.6 Å². The van der Waals surface area contributed by atoms with Crippen LogP contribution in [0.3, 0.4) is 0 Å². The smallest absolute Gasteiger partial charge is 0.125 e. The number of hydrogen-bond donors (Lipinski definition) is 1. The lowest BCUT2D eigenvalue weighted by molar-refractivity contribution is 0.122. The molecule has 0 radical (unpaired) electrons. The monoisotopic (exact) mass is 220 g/mol. The summed E-state index contributed by atoms with van der Waals surface area (Å²) in [4.78, 5) is 0. The number of aliphatic hydroxyl groups is 1. The Morgan fingerprint density at radius 3 is 2.38 bits per heavy atom. The van der Waals surface area contributed by atoms with Crippen LogP contribution in [0, 0.1) is 13.8 Å². The highest BCUT2D eigenvalue weighted by Gasteiger charge is 2.07. The van der Waals surface area contributed by atoms with Crippen molar-refractivity contribution in [3.05, 3.63) is 41.5 Å². The van der Waals surface area contributed by atoms with Gasteiger partial charge in [-0.2, -0.15) is 0 Å². The largest absolute Gasteiger partial charge is 0.490 e. The molecule has 0 spiro atoms. The maximum absolute atomic E-state index is 9.20. The summed E-state index contributed by atoms with van der Waals surface area (Å²) in [6.07, 6.45) is 2.33. The van der Waals surface area contributed by atoms with Crippen molar-refractivity contribution in [1.29, 1.82) is 0 Å². The first kappa shape index (κ1) is 12.8. The van der Waals surface area contributed by atoms with Crippen molar-refractivity contribution in [3.8, 4) is 5.75 Å². The molecule has 1 N–H and O–H groups in total. The van der Waals surface area contributed by atoms with E-state index in [4.69, 9.17) is 4.74 Å². The van der Waals surface area contributed by atoms with Gasteiger partial charge in [0.25, 0.3) is 0 Å². The fraction of sp³-hybridized carbons (Fsp3) is 0.429. The van der Waals surface area contributed by atoms with Crippen LogP contribution < -0.4 is 4.74 Å². The van der Waals surface area contributed by atoms with Crippen molar-refractivity contribution in [2.45, 2.75) is 33.3 Å². The molecule has 0 bridgehead atoms. The van der Waals surface area contributed by atoms with E-state index in [9.17, 15) is 5.11 Å². The predicted molar refractivity (Wildman–Crippen MR) is 67.0 cm³/mol. The summed E-state index contributed by atoms with van der Waals surface area (Å²) in [6, 6.07) is 4.21. The summed E-state index contributed by atoms with van der Waals surface area (Å²) >= 11 is 0. The molecule has 0 saturated heterocycles. The number of rotatable bonds is 5. The van der Waals surface area contributed by atoms with Gasteiger partial charge < -0.3 is 9.84 Å². The number of hydrogen-bond acceptors (Lipinski definition) is 2. The molecule has 1 unspecified atom stereocenters. The Morgan fingerprint density at radius 1 is 1.38 bits per heavy atom. The second-order valence-corrected chi connectivity index (χ2v) is 4.21. The summed E-state index contributed by atoms with van der Waals surface area (Å²) in [7, 11) is 0. The van der Waals surface area contributed by atoms with Crippen molar-refractivity contribution in [1.82, 2.24) is 0 Å². The van der Waals surface area contributed by atoms with Gasteiger partial charge in [0.15, 0.2) is 0 Å². The van der Waals surface area contributed by atoms with Crippen LogP contribution in [-0.2, 0) is 6.42 Å². The van der Waals surface area contributed by atoms with Gasteiger partial charge >= 0.3 is 0 Å². The van der Waals surface area contributed by atoms with Crippen LogP contribution in [0.5, 0.6) is 5.75 Å². The van der Waals surface area contributed by atoms with Crippen molar-refractivity contribution in [2.24, 2.45) is 0 Å². The number of aryl methyl sites for hydroxylation is 2. The average Bonchev–Trinajstić information content (AvgIpc) is 2.16. The fourth-order valence-electron chi connectivity index (χ4n) is 1.76. The second-order valence-electron chi connectivity index (χ2n) is 4.21. The van der Waals surface area contributed by atoms with Gasteiger partial charge in [0.1, 0.15) is 12.4 Å². The standard InChI is InChI=1S/C14H20O2/c1-5-6-13-7-10(2)14(11(3)8-13)16-9-12(4)15/h5,7-8,12,15H,1,6,9H2,2-4H3. The van der Waals surface area contributed by atoms with E-state index in [1.54, 1.807) is 6.92 Å². The van der Waals surface area contributed by atoms with Gasteiger partial charge in [-0.05, 0) is 43.9 Å². The van der Waals surface area contributed by atoms with Gasteiger partial charge in [-0.3, -0.25) is 0 Å². The van der Waals surface area contributed by atoms with E-state index in [-0.39, 0.29) is 0 Å². The summed E-state index contributed by atoms with van der Waals surface area (Å²) in [6.45, 7) is 9.84. The first-order valence-electron chi connectivity index (χ1n) is 5.56. The number of aliphatic hydroxyl groups excluding tert-OH is 1. The molecule has 0 aliphatic heterocycles. The summed E-state index contributed by atoms with van der Waals surface area (Å²) in [5.74, 6) is 0.883. The maximum Gasteiger partial charge on any atom is 0.125 e. The minimum atomic E-state index is -0.438. The third-order valence-electron chi connectivity index (χ3n) is 2.37. The fourth-order valence-corrected chi connectivity index (χ4v) is 1.76. The molecule has 1 atom stereocenters. The normalized spacial score (nSPS) is 12.2. The highest BCUT2D eigenvalue weighted by Crippen LogP contribution is 2.25. The maximum atomic E-state index is 9.20. The Balaban J connectivity index is 2.89. The van der Waals surface area contributed by atoms with Gasteiger partial charge in [0.2, 0.25) is 0 Å². The highest BCUT2D eigenvalue weighted by atomic mass is 16.5. The van der Waals surface area contributed by atoms with E-state index in [1.165, 1.54) is 5.56 Å². The topological polar surface area (TPSA) is 29.5 Å². The molecule has 0 saturated carbocycles. The number of benzene rings is 1. The quantitative estimate of drug-likeness (QED) is 0.773. The van der Waals surface area contributed by atoms with E-state index in [0.717, 1.165) is 23.3 Å². The molecule has 0 aliphatic carbocycles. The van der Waals surface area contributed by atoms with Crippen molar-refractivity contribution in [2.75, 3.05) is 6.61 Å². The minimum absolute atomic E-state index is 0.336. The zero-order chi connectivity index (χ0) is 12.1. The molecule has 2 heteroatoms. The van der Waals surface area contributed by atoms with Crippen LogP contribution in [0.4, 0.5) is 0 Å².